The molecule has 4 bridgehead atoms. The van der Waals surface area contributed by atoms with Gasteiger partial charge >= 0.3 is 0 Å². The monoisotopic (exact) mass is 388 g/mol. The van der Waals surface area contributed by atoms with E-state index in [1.54, 1.807) is 11.3 Å². The van der Waals surface area contributed by atoms with Crippen LogP contribution < -0.4 is 5.32 Å². The molecule has 2 aromatic carbocycles. The van der Waals surface area contributed by atoms with Gasteiger partial charge in [-0.3, -0.25) is 4.79 Å². The topological polar surface area (TPSA) is 42.0 Å². The van der Waals surface area contributed by atoms with E-state index in [0.29, 0.717) is 0 Å². The van der Waals surface area contributed by atoms with Crippen molar-refractivity contribution in [1.82, 2.24) is 4.98 Å². The fourth-order valence-corrected chi connectivity index (χ4v) is 7.41. The zero-order valence-electron chi connectivity index (χ0n) is 15.9. The largest absolute Gasteiger partial charge is 0.325 e. The molecule has 4 aliphatic rings. The number of carbonyl (C=O) groups is 1. The fraction of sp³-hybridized carbons (Fsp3) is 0.417. The second-order valence-electron chi connectivity index (χ2n) is 9.18. The number of hydrogen-bond donors (Lipinski definition) is 1. The number of aromatic nitrogens is 1. The summed E-state index contributed by atoms with van der Waals surface area (Å²) < 4.78 is 1.18. The number of nitrogens with zero attached hydrogens (tertiary/aromatic N) is 1. The summed E-state index contributed by atoms with van der Waals surface area (Å²) in [5, 5.41) is 4.31. The molecule has 1 heterocycles. The van der Waals surface area contributed by atoms with Gasteiger partial charge in [-0.25, -0.2) is 4.98 Å². The number of nitrogens with one attached hydrogen (secondary N) is 1. The Bertz CT molecular complexity index is 1000. The second kappa shape index (κ2) is 6.15. The lowest BCUT2D eigenvalue weighted by Gasteiger charge is -2.55. The van der Waals surface area contributed by atoms with E-state index in [4.69, 9.17) is 4.98 Å². The molecular formula is C24H24N2OS. The smallest absolute Gasteiger partial charge is 0.230 e. The Hall–Kier alpha value is -2.20. The maximum Gasteiger partial charge on any atom is 0.230 e. The number of anilines is 1. The number of fused-ring (bicyclic) bond motifs is 1. The van der Waals surface area contributed by atoms with Gasteiger partial charge in [-0.1, -0.05) is 24.3 Å². The Kier molecular flexibility index (Phi) is 3.67. The zero-order chi connectivity index (χ0) is 18.7. The number of hydrogen-bond acceptors (Lipinski definition) is 3. The number of rotatable bonds is 3. The van der Waals surface area contributed by atoms with Crippen LogP contribution >= 0.6 is 11.3 Å². The third-order valence-corrected chi connectivity index (χ3v) is 8.29. The van der Waals surface area contributed by atoms with E-state index in [2.05, 4.69) is 17.4 Å². The molecular weight excluding hydrogens is 364 g/mol. The Morgan fingerprint density at radius 3 is 2.29 bits per heavy atom. The van der Waals surface area contributed by atoms with Crippen molar-refractivity contribution in [2.45, 2.75) is 38.5 Å². The third kappa shape index (κ3) is 2.61. The summed E-state index contributed by atoms with van der Waals surface area (Å²) in [6.45, 7) is 0. The van der Waals surface area contributed by atoms with Crippen LogP contribution in [0.1, 0.15) is 38.5 Å². The molecule has 28 heavy (non-hydrogen) atoms. The minimum atomic E-state index is -0.130. The minimum Gasteiger partial charge on any atom is -0.325 e. The van der Waals surface area contributed by atoms with Crippen molar-refractivity contribution in [3.63, 3.8) is 0 Å². The standard InChI is InChI=1S/C24H24N2OS/c27-23(24-12-15-9-16(13-24)11-17(10-15)14-24)26-19-6-2-1-5-18(19)22-25-20-7-3-4-8-21(20)28-22/h1-8,15-17H,9-14H2,(H,26,27). The predicted octanol–water partition coefficient (Wildman–Crippen LogP) is 6.12. The number of amides is 1. The summed E-state index contributed by atoms with van der Waals surface area (Å²) in [6.07, 6.45) is 7.34. The van der Waals surface area contributed by atoms with Crippen molar-refractivity contribution in [2.24, 2.45) is 23.2 Å². The van der Waals surface area contributed by atoms with Gasteiger partial charge in [-0.2, -0.15) is 0 Å². The summed E-state index contributed by atoms with van der Waals surface area (Å²) in [6, 6.07) is 16.4. The normalized spacial score (nSPS) is 30.6. The fourth-order valence-electron chi connectivity index (χ4n) is 6.41. The van der Waals surface area contributed by atoms with Crippen molar-refractivity contribution in [1.29, 1.82) is 0 Å². The highest BCUT2D eigenvalue weighted by Gasteiger charge is 2.54. The van der Waals surface area contributed by atoms with Gasteiger partial charge in [-0.15, -0.1) is 11.3 Å². The lowest BCUT2D eigenvalue weighted by molar-refractivity contribution is -0.140. The first-order chi connectivity index (χ1) is 13.7. The van der Waals surface area contributed by atoms with E-state index in [9.17, 15) is 4.79 Å². The molecule has 3 aromatic rings. The van der Waals surface area contributed by atoms with E-state index < -0.39 is 0 Å². The molecule has 0 radical (unpaired) electrons. The molecule has 0 saturated heterocycles. The zero-order valence-corrected chi connectivity index (χ0v) is 16.7. The lowest BCUT2D eigenvalue weighted by Crippen LogP contribution is -2.51. The molecule has 4 heteroatoms. The summed E-state index contributed by atoms with van der Waals surface area (Å²) in [7, 11) is 0. The molecule has 142 valence electrons. The number of para-hydroxylation sites is 2. The van der Waals surface area contributed by atoms with Crippen molar-refractivity contribution in [2.75, 3.05) is 5.32 Å². The summed E-state index contributed by atoms with van der Waals surface area (Å²) in [5.41, 5.74) is 2.82. The minimum absolute atomic E-state index is 0.130. The van der Waals surface area contributed by atoms with Gasteiger partial charge in [0.2, 0.25) is 5.91 Å². The van der Waals surface area contributed by atoms with Gasteiger partial charge in [0.05, 0.1) is 21.3 Å². The first kappa shape index (κ1) is 16.7. The van der Waals surface area contributed by atoms with E-state index in [1.165, 1.54) is 24.0 Å². The van der Waals surface area contributed by atoms with Crippen LogP contribution in [0.2, 0.25) is 0 Å². The van der Waals surface area contributed by atoms with Crippen LogP contribution in [0, 0.1) is 23.2 Å². The first-order valence-corrected chi connectivity index (χ1v) is 11.3. The molecule has 4 aliphatic carbocycles. The van der Waals surface area contributed by atoms with Gasteiger partial charge < -0.3 is 5.32 Å². The molecule has 7 rings (SSSR count). The average Bonchev–Trinajstić information content (AvgIpc) is 3.11. The quantitative estimate of drug-likeness (QED) is 0.587. The molecule has 1 amide bonds. The maximum atomic E-state index is 13.5. The molecule has 0 aliphatic heterocycles. The highest BCUT2D eigenvalue weighted by Crippen LogP contribution is 2.60. The third-order valence-electron chi connectivity index (χ3n) is 7.22. The molecule has 1 aromatic heterocycles. The van der Waals surface area contributed by atoms with Gasteiger partial charge in [0.15, 0.2) is 0 Å². The Labute approximate surface area is 169 Å². The summed E-state index contributed by atoms with van der Waals surface area (Å²) in [4.78, 5) is 18.3. The van der Waals surface area contributed by atoms with Gasteiger partial charge in [0.25, 0.3) is 0 Å². The Morgan fingerprint density at radius 1 is 0.929 bits per heavy atom. The highest BCUT2D eigenvalue weighted by atomic mass is 32.1. The molecule has 4 fully saturated rings. The average molecular weight is 389 g/mol. The molecule has 0 spiro atoms. The van der Waals surface area contributed by atoms with Crippen molar-refractivity contribution >= 4 is 33.1 Å². The first-order valence-electron chi connectivity index (χ1n) is 10.4. The van der Waals surface area contributed by atoms with Crippen LogP contribution in [-0.2, 0) is 4.79 Å². The van der Waals surface area contributed by atoms with Crippen molar-refractivity contribution < 1.29 is 4.79 Å². The van der Waals surface area contributed by atoms with Gasteiger partial charge in [0, 0.05) is 5.56 Å². The van der Waals surface area contributed by atoms with Crippen LogP contribution in [0.15, 0.2) is 48.5 Å². The number of carbonyl (C=O) groups excluding carboxylic acids is 1. The van der Waals surface area contributed by atoms with E-state index in [0.717, 1.165) is 58.8 Å². The van der Waals surface area contributed by atoms with Gasteiger partial charge in [0.1, 0.15) is 5.01 Å². The van der Waals surface area contributed by atoms with Crippen LogP contribution in [-0.4, -0.2) is 10.9 Å². The van der Waals surface area contributed by atoms with Gasteiger partial charge in [-0.05, 0) is 80.5 Å². The maximum absolute atomic E-state index is 13.5. The molecule has 0 atom stereocenters. The molecule has 1 N–H and O–H groups in total. The molecule has 0 unspecified atom stereocenters. The van der Waals surface area contributed by atoms with Crippen LogP contribution in [0.3, 0.4) is 0 Å². The predicted molar refractivity (Wildman–Crippen MR) is 114 cm³/mol. The highest BCUT2D eigenvalue weighted by molar-refractivity contribution is 7.21. The summed E-state index contributed by atoms with van der Waals surface area (Å²) in [5.74, 6) is 2.57. The second-order valence-corrected chi connectivity index (χ2v) is 10.2. The van der Waals surface area contributed by atoms with E-state index in [-0.39, 0.29) is 11.3 Å². The van der Waals surface area contributed by atoms with E-state index >= 15 is 0 Å². The molecule has 3 nitrogen and oxygen atoms in total. The number of thiazole rings is 1. The summed E-state index contributed by atoms with van der Waals surface area (Å²) >= 11 is 1.69. The lowest BCUT2D eigenvalue weighted by atomic mass is 9.49. The van der Waals surface area contributed by atoms with Crippen molar-refractivity contribution in [3.05, 3.63) is 48.5 Å². The van der Waals surface area contributed by atoms with Crippen LogP contribution in [0.4, 0.5) is 5.69 Å². The van der Waals surface area contributed by atoms with E-state index in [1.807, 2.05) is 36.4 Å². The Morgan fingerprint density at radius 2 is 1.57 bits per heavy atom. The van der Waals surface area contributed by atoms with Crippen LogP contribution in [0.25, 0.3) is 20.8 Å². The van der Waals surface area contributed by atoms with Crippen LogP contribution in [0.5, 0.6) is 0 Å². The SMILES string of the molecule is O=C(Nc1ccccc1-c1nc2ccccc2s1)C12CC3CC(CC(C3)C1)C2. The number of benzene rings is 2. The molecule has 4 saturated carbocycles. The van der Waals surface area contributed by atoms with Crippen molar-refractivity contribution in [3.8, 4) is 10.6 Å². The Balaban J connectivity index is 1.33.